The molecule has 0 saturated heterocycles. The van der Waals surface area contributed by atoms with Crippen LogP contribution in [0.25, 0.3) is 5.69 Å². The third-order valence-corrected chi connectivity index (χ3v) is 4.34. The maximum Gasteiger partial charge on any atom is 0.178 e. The Bertz CT molecular complexity index is 864. The fourth-order valence-electron chi connectivity index (χ4n) is 3.04. The van der Waals surface area contributed by atoms with Gasteiger partial charge in [-0.25, -0.2) is 0 Å². The molecule has 128 valence electrons. The lowest BCUT2D eigenvalue weighted by molar-refractivity contribution is 0.0990. The summed E-state index contributed by atoms with van der Waals surface area (Å²) in [6.07, 6.45) is 1.76. The van der Waals surface area contributed by atoms with Crippen LogP contribution in [0.3, 0.4) is 0 Å². The minimum atomic E-state index is 0.0994. The van der Waals surface area contributed by atoms with E-state index >= 15 is 0 Å². The van der Waals surface area contributed by atoms with E-state index < -0.39 is 0 Å². The topological polar surface area (TPSA) is 46.9 Å². The van der Waals surface area contributed by atoms with Gasteiger partial charge in [0.25, 0.3) is 0 Å². The van der Waals surface area contributed by atoms with Gasteiger partial charge in [0.2, 0.25) is 0 Å². The summed E-state index contributed by atoms with van der Waals surface area (Å²) in [6, 6.07) is 16.1. The first kappa shape index (κ1) is 17.1. The lowest BCUT2D eigenvalue weighted by Crippen LogP contribution is -2.23. The lowest BCUT2D eigenvalue weighted by Gasteiger charge is -2.10. The molecule has 0 bridgehead atoms. The SMILES string of the molecule is Cc1ccc(-n2c(C)cc(C(=O)CNCc3ccccn3)c2C)cc1. The quantitative estimate of drug-likeness (QED) is 0.699. The van der Waals surface area contributed by atoms with E-state index in [2.05, 4.69) is 46.1 Å². The molecule has 4 heteroatoms. The lowest BCUT2D eigenvalue weighted by atomic mass is 10.1. The molecule has 0 amide bonds. The molecule has 2 aromatic heterocycles. The van der Waals surface area contributed by atoms with Crippen LogP contribution in [0.15, 0.2) is 54.7 Å². The molecule has 2 heterocycles. The molecule has 0 aliphatic heterocycles. The minimum absolute atomic E-state index is 0.0994. The van der Waals surface area contributed by atoms with Crippen molar-refractivity contribution in [3.05, 3.63) is 82.9 Å². The normalized spacial score (nSPS) is 10.8. The number of rotatable bonds is 6. The largest absolute Gasteiger partial charge is 0.318 e. The van der Waals surface area contributed by atoms with Gasteiger partial charge in [-0.3, -0.25) is 9.78 Å². The summed E-state index contributed by atoms with van der Waals surface area (Å²) in [7, 11) is 0. The second-order valence-corrected chi connectivity index (χ2v) is 6.30. The average molecular weight is 333 g/mol. The molecule has 0 fully saturated rings. The summed E-state index contributed by atoms with van der Waals surface area (Å²) in [4.78, 5) is 16.9. The number of carbonyl (C=O) groups excluding carboxylic acids is 1. The van der Waals surface area contributed by atoms with E-state index in [1.165, 1.54) is 5.56 Å². The van der Waals surface area contributed by atoms with Gasteiger partial charge in [0.1, 0.15) is 0 Å². The van der Waals surface area contributed by atoms with E-state index in [4.69, 9.17) is 0 Å². The van der Waals surface area contributed by atoms with Gasteiger partial charge in [0, 0.05) is 35.4 Å². The second kappa shape index (κ2) is 7.45. The van der Waals surface area contributed by atoms with Crippen molar-refractivity contribution in [1.82, 2.24) is 14.9 Å². The second-order valence-electron chi connectivity index (χ2n) is 6.30. The molecule has 0 unspecified atom stereocenters. The number of carbonyl (C=O) groups is 1. The van der Waals surface area contributed by atoms with Crippen molar-refractivity contribution in [3.8, 4) is 5.69 Å². The summed E-state index contributed by atoms with van der Waals surface area (Å²) in [5.41, 5.74) is 6.05. The van der Waals surface area contributed by atoms with Crippen LogP contribution < -0.4 is 5.32 Å². The molecule has 0 saturated carbocycles. The van der Waals surface area contributed by atoms with Gasteiger partial charge in [0.05, 0.1) is 12.2 Å². The summed E-state index contributed by atoms with van der Waals surface area (Å²) in [5, 5.41) is 3.18. The van der Waals surface area contributed by atoms with Crippen LogP contribution >= 0.6 is 0 Å². The third kappa shape index (κ3) is 3.86. The maximum absolute atomic E-state index is 12.6. The number of nitrogens with zero attached hydrogens (tertiary/aromatic N) is 2. The van der Waals surface area contributed by atoms with Gasteiger partial charge in [-0.2, -0.15) is 0 Å². The van der Waals surface area contributed by atoms with Gasteiger partial charge in [0.15, 0.2) is 5.78 Å². The highest BCUT2D eigenvalue weighted by molar-refractivity contribution is 5.99. The first-order valence-electron chi connectivity index (χ1n) is 8.46. The van der Waals surface area contributed by atoms with Crippen LogP contribution in [0.4, 0.5) is 0 Å². The Kier molecular flexibility index (Phi) is 5.10. The Balaban J connectivity index is 1.73. The molecule has 0 atom stereocenters. The molecular formula is C21H23N3O. The Morgan fingerprint density at radius 2 is 1.84 bits per heavy atom. The van der Waals surface area contributed by atoms with Crippen LogP contribution in [-0.2, 0) is 6.54 Å². The fourth-order valence-corrected chi connectivity index (χ4v) is 3.04. The maximum atomic E-state index is 12.6. The van der Waals surface area contributed by atoms with Crippen molar-refractivity contribution in [2.24, 2.45) is 0 Å². The van der Waals surface area contributed by atoms with Gasteiger partial charge >= 0.3 is 0 Å². The first-order chi connectivity index (χ1) is 12.1. The zero-order valence-electron chi connectivity index (χ0n) is 14.9. The first-order valence-corrected chi connectivity index (χ1v) is 8.46. The van der Waals surface area contributed by atoms with E-state index in [0.29, 0.717) is 13.1 Å². The molecule has 3 aromatic rings. The third-order valence-electron chi connectivity index (χ3n) is 4.34. The Morgan fingerprint density at radius 1 is 1.08 bits per heavy atom. The number of Topliss-reactive ketones (excluding diaryl/α,β-unsaturated/α-hetero) is 1. The molecule has 1 N–H and O–H groups in total. The highest BCUT2D eigenvalue weighted by Gasteiger charge is 2.16. The Morgan fingerprint density at radius 3 is 2.52 bits per heavy atom. The van der Waals surface area contributed by atoms with Gasteiger partial charge < -0.3 is 9.88 Å². The van der Waals surface area contributed by atoms with Crippen LogP contribution in [0.1, 0.15) is 33.0 Å². The van der Waals surface area contributed by atoms with Crippen molar-refractivity contribution in [1.29, 1.82) is 0 Å². The monoisotopic (exact) mass is 333 g/mol. The molecule has 0 aliphatic carbocycles. The van der Waals surface area contributed by atoms with Crippen LogP contribution in [0, 0.1) is 20.8 Å². The number of aromatic nitrogens is 2. The molecular weight excluding hydrogens is 310 g/mol. The van der Waals surface area contributed by atoms with E-state index in [1.54, 1.807) is 6.20 Å². The van der Waals surface area contributed by atoms with Crippen LogP contribution in [-0.4, -0.2) is 21.9 Å². The van der Waals surface area contributed by atoms with Crippen LogP contribution in [0.5, 0.6) is 0 Å². The van der Waals surface area contributed by atoms with Crippen molar-refractivity contribution >= 4 is 5.78 Å². The van der Waals surface area contributed by atoms with Gasteiger partial charge in [-0.1, -0.05) is 23.8 Å². The predicted octanol–water partition coefficient (Wildman–Crippen LogP) is 3.77. The van der Waals surface area contributed by atoms with Crippen molar-refractivity contribution in [2.75, 3.05) is 6.54 Å². The zero-order valence-corrected chi connectivity index (χ0v) is 14.9. The predicted molar refractivity (Wildman–Crippen MR) is 100 cm³/mol. The number of hydrogen-bond donors (Lipinski definition) is 1. The summed E-state index contributed by atoms with van der Waals surface area (Å²) >= 11 is 0. The summed E-state index contributed by atoms with van der Waals surface area (Å²) in [6.45, 7) is 6.99. The van der Waals surface area contributed by atoms with Crippen molar-refractivity contribution in [3.63, 3.8) is 0 Å². The Labute approximate surface area is 148 Å². The van der Waals surface area contributed by atoms with Gasteiger partial charge in [-0.05, 0) is 51.1 Å². The van der Waals surface area contributed by atoms with E-state index in [1.807, 2.05) is 38.1 Å². The standard InChI is InChI=1S/C21H23N3O/c1-15-7-9-19(10-8-15)24-16(2)12-20(17(24)3)21(25)14-22-13-18-6-4-5-11-23-18/h4-12,22H,13-14H2,1-3H3. The molecule has 3 rings (SSSR count). The number of aryl methyl sites for hydroxylation is 2. The summed E-state index contributed by atoms with van der Waals surface area (Å²) < 4.78 is 2.13. The molecule has 25 heavy (non-hydrogen) atoms. The smallest absolute Gasteiger partial charge is 0.178 e. The molecule has 4 nitrogen and oxygen atoms in total. The average Bonchev–Trinajstić information content (AvgIpc) is 2.91. The van der Waals surface area contributed by atoms with E-state index in [9.17, 15) is 4.79 Å². The van der Waals surface area contributed by atoms with E-state index in [-0.39, 0.29) is 5.78 Å². The fraction of sp³-hybridized carbons (Fsp3) is 0.238. The molecule has 0 spiro atoms. The Hall–Kier alpha value is -2.72. The van der Waals surface area contributed by atoms with Gasteiger partial charge in [-0.15, -0.1) is 0 Å². The number of pyridine rings is 1. The number of ketones is 1. The molecule has 0 radical (unpaired) electrons. The number of benzene rings is 1. The number of hydrogen-bond acceptors (Lipinski definition) is 3. The van der Waals surface area contributed by atoms with Crippen LogP contribution in [0.2, 0.25) is 0 Å². The minimum Gasteiger partial charge on any atom is -0.318 e. The van der Waals surface area contributed by atoms with E-state index in [0.717, 1.165) is 28.3 Å². The van der Waals surface area contributed by atoms with Crippen molar-refractivity contribution < 1.29 is 4.79 Å². The highest BCUT2D eigenvalue weighted by atomic mass is 16.1. The summed E-state index contributed by atoms with van der Waals surface area (Å²) in [5.74, 6) is 0.0994. The molecule has 0 aliphatic rings. The number of nitrogens with one attached hydrogen (secondary N) is 1. The zero-order chi connectivity index (χ0) is 17.8. The highest BCUT2D eigenvalue weighted by Crippen LogP contribution is 2.21. The molecule has 1 aromatic carbocycles. The van der Waals surface area contributed by atoms with Crippen molar-refractivity contribution in [2.45, 2.75) is 27.3 Å².